The maximum Gasteiger partial charge on any atom is 0.264 e. The number of sulfonamides is 1. The van der Waals surface area contributed by atoms with Gasteiger partial charge in [0.05, 0.1) is 17.2 Å². The van der Waals surface area contributed by atoms with Gasteiger partial charge in [-0.15, -0.1) is 0 Å². The summed E-state index contributed by atoms with van der Waals surface area (Å²) in [5.74, 6) is -0.438. The van der Waals surface area contributed by atoms with Crippen LogP contribution in [0.4, 0.5) is 5.69 Å². The molecule has 0 saturated heterocycles. The lowest BCUT2D eigenvalue weighted by Gasteiger charge is -2.32. The monoisotopic (exact) mass is 565 g/mol. The first-order valence-corrected chi connectivity index (χ1v) is 15.1. The number of amides is 2. The molecule has 3 aromatic rings. The minimum Gasteiger partial charge on any atom is -0.492 e. The summed E-state index contributed by atoms with van der Waals surface area (Å²) in [6.45, 7) is 7.41. The molecule has 40 heavy (non-hydrogen) atoms. The van der Waals surface area contributed by atoms with Gasteiger partial charge in [-0.25, -0.2) is 8.42 Å². The molecule has 214 valence electrons. The molecule has 0 fully saturated rings. The molecule has 0 aromatic heterocycles. The lowest BCUT2D eigenvalue weighted by atomic mass is 10.1. The van der Waals surface area contributed by atoms with Crippen molar-refractivity contribution in [3.05, 3.63) is 90.5 Å². The largest absolute Gasteiger partial charge is 0.492 e. The van der Waals surface area contributed by atoms with Crippen LogP contribution in [0.3, 0.4) is 0 Å². The molecular weight excluding hydrogens is 526 g/mol. The maximum absolute atomic E-state index is 14.0. The van der Waals surface area contributed by atoms with E-state index in [1.165, 1.54) is 17.0 Å². The highest BCUT2D eigenvalue weighted by molar-refractivity contribution is 7.92. The third-order valence-electron chi connectivity index (χ3n) is 6.70. The highest BCUT2D eigenvalue weighted by Crippen LogP contribution is 2.32. The van der Waals surface area contributed by atoms with Crippen molar-refractivity contribution in [1.29, 1.82) is 0 Å². The van der Waals surface area contributed by atoms with Crippen molar-refractivity contribution in [2.45, 2.75) is 57.5 Å². The van der Waals surface area contributed by atoms with Gasteiger partial charge in [-0.05, 0) is 63.4 Å². The van der Waals surface area contributed by atoms with Crippen LogP contribution in [0.15, 0.2) is 89.8 Å². The second-order valence-corrected chi connectivity index (χ2v) is 11.4. The zero-order valence-corrected chi connectivity index (χ0v) is 24.4. The Hall–Kier alpha value is -3.85. The van der Waals surface area contributed by atoms with Gasteiger partial charge in [0.1, 0.15) is 18.3 Å². The molecule has 0 unspecified atom stereocenters. The Morgan fingerprint density at radius 3 is 2.10 bits per heavy atom. The average molecular weight is 566 g/mol. The normalized spacial score (nSPS) is 12.7. The fourth-order valence-electron chi connectivity index (χ4n) is 4.21. The number of nitrogens with zero attached hydrogens (tertiary/aromatic N) is 2. The zero-order chi connectivity index (χ0) is 29.1. The minimum atomic E-state index is -4.15. The summed E-state index contributed by atoms with van der Waals surface area (Å²) in [4.78, 5) is 28.6. The summed E-state index contributed by atoms with van der Waals surface area (Å²) in [7, 11) is -4.15. The lowest BCUT2D eigenvalue weighted by molar-refractivity contribution is -0.139. The van der Waals surface area contributed by atoms with E-state index in [0.29, 0.717) is 18.8 Å². The Kier molecular flexibility index (Phi) is 11.1. The van der Waals surface area contributed by atoms with Crippen LogP contribution in [-0.2, 0) is 26.0 Å². The van der Waals surface area contributed by atoms with Crippen LogP contribution in [0.5, 0.6) is 5.75 Å². The summed E-state index contributed by atoms with van der Waals surface area (Å²) >= 11 is 0. The number of benzene rings is 3. The Morgan fingerprint density at radius 2 is 1.48 bits per heavy atom. The van der Waals surface area contributed by atoms with Crippen LogP contribution in [0.2, 0.25) is 0 Å². The van der Waals surface area contributed by atoms with Gasteiger partial charge in [0.2, 0.25) is 11.8 Å². The predicted molar refractivity (Wildman–Crippen MR) is 158 cm³/mol. The topological polar surface area (TPSA) is 96.0 Å². The first-order valence-electron chi connectivity index (χ1n) is 13.6. The molecule has 0 radical (unpaired) electrons. The van der Waals surface area contributed by atoms with Crippen molar-refractivity contribution in [2.24, 2.45) is 0 Å². The number of ether oxygens (including phenoxy) is 1. The molecule has 0 heterocycles. The molecule has 3 aromatic carbocycles. The highest BCUT2D eigenvalue weighted by Gasteiger charge is 2.33. The van der Waals surface area contributed by atoms with Crippen LogP contribution < -0.4 is 14.4 Å². The highest BCUT2D eigenvalue weighted by atomic mass is 32.2. The van der Waals surface area contributed by atoms with Gasteiger partial charge in [0.25, 0.3) is 10.0 Å². The fraction of sp³-hybridized carbons (Fsp3) is 0.355. The van der Waals surface area contributed by atoms with Crippen LogP contribution in [-0.4, -0.2) is 56.9 Å². The van der Waals surface area contributed by atoms with Gasteiger partial charge >= 0.3 is 0 Å². The fourth-order valence-corrected chi connectivity index (χ4v) is 5.66. The standard InChI is InChI=1S/C31H39N3O5S/c1-5-24(3)32-31(36)25(4)33(22-21-26-15-9-7-10-16-26)30(35)23-34(28-19-13-14-20-29(28)39-6-2)40(37,38)27-17-11-8-12-18-27/h7-20,24-25H,5-6,21-23H2,1-4H3,(H,32,36)/t24-,25-/m1/s1. The van der Waals surface area contributed by atoms with Crippen LogP contribution in [0.1, 0.15) is 39.7 Å². The predicted octanol–water partition coefficient (Wildman–Crippen LogP) is 4.66. The van der Waals surface area contributed by atoms with E-state index >= 15 is 0 Å². The van der Waals surface area contributed by atoms with Gasteiger partial charge < -0.3 is 15.0 Å². The van der Waals surface area contributed by atoms with Gasteiger partial charge in [-0.2, -0.15) is 0 Å². The van der Waals surface area contributed by atoms with Crippen molar-refractivity contribution in [2.75, 3.05) is 24.0 Å². The molecule has 0 aliphatic heterocycles. The van der Waals surface area contributed by atoms with Gasteiger partial charge in [0, 0.05) is 12.6 Å². The smallest absolute Gasteiger partial charge is 0.264 e. The Bertz CT molecular complexity index is 1350. The molecule has 3 rings (SSSR count). The van der Waals surface area contributed by atoms with Crippen LogP contribution >= 0.6 is 0 Å². The number of hydrogen-bond acceptors (Lipinski definition) is 5. The lowest BCUT2D eigenvalue weighted by Crippen LogP contribution is -2.53. The summed E-state index contributed by atoms with van der Waals surface area (Å²) in [6.07, 6.45) is 1.25. The van der Waals surface area contributed by atoms with Crippen molar-refractivity contribution in [3.8, 4) is 5.75 Å². The van der Waals surface area contributed by atoms with E-state index < -0.39 is 28.5 Å². The SMILES string of the molecule is CCOc1ccccc1N(CC(=O)N(CCc1ccccc1)[C@H](C)C(=O)N[C@H](C)CC)S(=O)(=O)c1ccccc1. The number of nitrogens with one attached hydrogen (secondary N) is 1. The molecule has 8 nitrogen and oxygen atoms in total. The van der Waals surface area contributed by atoms with Crippen molar-refractivity contribution < 1.29 is 22.7 Å². The van der Waals surface area contributed by atoms with E-state index in [4.69, 9.17) is 4.74 Å². The molecule has 9 heteroatoms. The van der Waals surface area contributed by atoms with Crippen molar-refractivity contribution >= 4 is 27.5 Å². The number of carbonyl (C=O) groups excluding carboxylic acids is 2. The molecule has 0 saturated carbocycles. The minimum absolute atomic E-state index is 0.0486. The quantitative estimate of drug-likeness (QED) is 0.307. The first-order chi connectivity index (χ1) is 19.2. The van der Waals surface area contributed by atoms with E-state index in [0.717, 1.165) is 16.3 Å². The molecule has 0 aliphatic rings. The Balaban J connectivity index is 2.01. The number of rotatable bonds is 14. The number of para-hydroxylation sites is 2. The molecule has 2 amide bonds. The number of carbonyl (C=O) groups is 2. The Labute approximate surface area is 238 Å². The summed E-state index contributed by atoms with van der Waals surface area (Å²) in [6, 6.07) is 23.5. The van der Waals surface area contributed by atoms with E-state index in [1.54, 1.807) is 56.3 Å². The second kappa shape index (κ2) is 14.5. The van der Waals surface area contributed by atoms with Crippen LogP contribution in [0, 0.1) is 0 Å². The van der Waals surface area contributed by atoms with E-state index in [1.807, 2.05) is 44.2 Å². The number of hydrogen-bond donors (Lipinski definition) is 1. The molecular formula is C31H39N3O5S. The third-order valence-corrected chi connectivity index (χ3v) is 8.47. The van der Waals surface area contributed by atoms with E-state index in [2.05, 4.69) is 5.32 Å². The van der Waals surface area contributed by atoms with Crippen molar-refractivity contribution in [3.63, 3.8) is 0 Å². The van der Waals surface area contributed by atoms with Gasteiger partial charge in [-0.3, -0.25) is 13.9 Å². The average Bonchev–Trinajstić information content (AvgIpc) is 2.97. The van der Waals surface area contributed by atoms with Crippen LogP contribution in [0.25, 0.3) is 0 Å². The van der Waals surface area contributed by atoms with Gasteiger partial charge in [0.15, 0.2) is 0 Å². The molecule has 2 atom stereocenters. The van der Waals surface area contributed by atoms with E-state index in [9.17, 15) is 18.0 Å². The van der Waals surface area contributed by atoms with E-state index in [-0.39, 0.29) is 29.1 Å². The van der Waals surface area contributed by atoms with Crippen molar-refractivity contribution in [1.82, 2.24) is 10.2 Å². The first kappa shape index (κ1) is 30.7. The zero-order valence-electron chi connectivity index (χ0n) is 23.6. The maximum atomic E-state index is 14.0. The summed E-state index contributed by atoms with van der Waals surface area (Å²) in [5.41, 5.74) is 1.26. The summed E-state index contributed by atoms with van der Waals surface area (Å²) in [5, 5.41) is 2.95. The molecule has 1 N–H and O–H groups in total. The van der Waals surface area contributed by atoms with Gasteiger partial charge in [-0.1, -0.05) is 67.6 Å². The molecule has 0 aliphatic carbocycles. The molecule has 0 spiro atoms. The second-order valence-electron chi connectivity index (χ2n) is 9.54. The molecule has 0 bridgehead atoms. The number of anilines is 1. The third kappa shape index (κ3) is 7.85. The Morgan fingerprint density at radius 1 is 0.875 bits per heavy atom. The summed E-state index contributed by atoms with van der Waals surface area (Å²) < 4.78 is 34.7.